The number of fused-ring (bicyclic) bond motifs is 2. The van der Waals surface area contributed by atoms with Crippen molar-refractivity contribution in [3.63, 3.8) is 0 Å². The van der Waals surface area contributed by atoms with E-state index in [9.17, 15) is 4.79 Å². The molecule has 0 unspecified atom stereocenters. The predicted molar refractivity (Wildman–Crippen MR) is 101 cm³/mol. The lowest BCUT2D eigenvalue weighted by Crippen LogP contribution is -2.45. The van der Waals surface area contributed by atoms with Crippen molar-refractivity contribution in [3.8, 4) is 11.5 Å². The molecule has 26 heavy (non-hydrogen) atoms. The predicted octanol–water partition coefficient (Wildman–Crippen LogP) is 3.66. The summed E-state index contributed by atoms with van der Waals surface area (Å²) in [6, 6.07) is 15.9. The third kappa shape index (κ3) is 3.07. The van der Waals surface area contributed by atoms with Gasteiger partial charge in [-0.3, -0.25) is 4.79 Å². The van der Waals surface area contributed by atoms with E-state index < -0.39 is 0 Å². The Morgan fingerprint density at radius 1 is 1.04 bits per heavy atom. The molecule has 1 aliphatic heterocycles. The van der Waals surface area contributed by atoms with Gasteiger partial charge in [-0.2, -0.15) is 0 Å². The summed E-state index contributed by atoms with van der Waals surface area (Å²) in [5.74, 6) is 1.50. The second-order valence-electron chi connectivity index (χ2n) is 6.92. The van der Waals surface area contributed by atoms with Crippen LogP contribution in [0.3, 0.4) is 0 Å². The van der Waals surface area contributed by atoms with E-state index in [1.807, 2.05) is 29.2 Å². The second kappa shape index (κ2) is 6.87. The van der Waals surface area contributed by atoms with Crippen molar-refractivity contribution >= 4 is 12.0 Å². The molecule has 1 heterocycles. The van der Waals surface area contributed by atoms with Gasteiger partial charge in [0.15, 0.2) is 6.61 Å². The number of amides is 1. The average molecular weight is 349 g/mol. The van der Waals surface area contributed by atoms with Crippen molar-refractivity contribution in [2.75, 3.05) is 26.8 Å². The molecule has 0 radical (unpaired) electrons. The number of carbonyl (C=O) groups is 1. The normalized spacial score (nSPS) is 17.2. The van der Waals surface area contributed by atoms with Crippen molar-refractivity contribution < 1.29 is 14.3 Å². The van der Waals surface area contributed by atoms with Crippen LogP contribution in [0.25, 0.3) is 6.08 Å². The van der Waals surface area contributed by atoms with Gasteiger partial charge in [-0.15, -0.1) is 0 Å². The van der Waals surface area contributed by atoms with E-state index >= 15 is 0 Å². The third-order valence-electron chi connectivity index (χ3n) is 5.51. The summed E-state index contributed by atoms with van der Waals surface area (Å²) in [4.78, 5) is 14.4. The molecule has 4 heteroatoms. The summed E-state index contributed by atoms with van der Waals surface area (Å²) in [6.45, 7) is 1.61. The fourth-order valence-corrected chi connectivity index (χ4v) is 3.93. The number of likely N-dealkylation sites (tertiary alicyclic amines) is 1. The first-order chi connectivity index (χ1) is 12.7. The van der Waals surface area contributed by atoms with E-state index in [2.05, 4.69) is 36.4 Å². The highest BCUT2D eigenvalue weighted by atomic mass is 16.5. The Hall–Kier alpha value is -2.75. The number of carbonyl (C=O) groups excluding carboxylic acids is 1. The van der Waals surface area contributed by atoms with Crippen molar-refractivity contribution in [3.05, 3.63) is 65.7 Å². The van der Waals surface area contributed by atoms with Crippen LogP contribution >= 0.6 is 0 Å². The van der Waals surface area contributed by atoms with E-state index in [4.69, 9.17) is 9.47 Å². The summed E-state index contributed by atoms with van der Waals surface area (Å²) in [6.07, 6.45) is 6.48. The molecule has 4 rings (SSSR count). The van der Waals surface area contributed by atoms with Crippen molar-refractivity contribution in [1.82, 2.24) is 4.90 Å². The quantitative estimate of drug-likeness (QED) is 0.845. The Morgan fingerprint density at radius 2 is 1.73 bits per heavy atom. The summed E-state index contributed by atoms with van der Waals surface area (Å²) in [5.41, 5.74) is 2.82. The molecule has 2 aliphatic rings. The van der Waals surface area contributed by atoms with E-state index in [0.29, 0.717) is 5.75 Å². The summed E-state index contributed by atoms with van der Waals surface area (Å²) < 4.78 is 10.8. The van der Waals surface area contributed by atoms with Crippen molar-refractivity contribution in [2.24, 2.45) is 0 Å². The van der Waals surface area contributed by atoms with Gasteiger partial charge in [0.05, 0.1) is 7.11 Å². The Bertz CT molecular complexity index is 818. The maximum atomic E-state index is 12.5. The molecule has 1 aliphatic carbocycles. The van der Waals surface area contributed by atoms with Crippen molar-refractivity contribution in [1.29, 1.82) is 0 Å². The number of hydrogen-bond donors (Lipinski definition) is 0. The molecular weight excluding hydrogens is 326 g/mol. The molecule has 1 amide bonds. The maximum Gasteiger partial charge on any atom is 0.260 e. The van der Waals surface area contributed by atoms with Crippen LogP contribution in [-0.4, -0.2) is 37.6 Å². The molecule has 1 fully saturated rings. The monoisotopic (exact) mass is 349 g/mol. The van der Waals surface area contributed by atoms with Crippen LogP contribution in [0.15, 0.2) is 54.6 Å². The van der Waals surface area contributed by atoms with Crippen LogP contribution in [0, 0.1) is 0 Å². The van der Waals surface area contributed by atoms with Crippen LogP contribution in [-0.2, 0) is 10.2 Å². The lowest BCUT2D eigenvalue weighted by molar-refractivity contribution is -0.134. The average Bonchev–Trinajstić information content (AvgIpc) is 3.05. The zero-order valence-corrected chi connectivity index (χ0v) is 15.0. The molecule has 0 bridgehead atoms. The SMILES string of the molecule is COc1ccc(OCC(=O)N2CCC3(C=Cc4ccccc43)CC2)cc1. The van der Waals surface area contributed by atoms with Crippen LogP contribution in [0.5, 0.6) is 11.5 Å². The van der Waals surface area contributed by atoms with Gasteiger partial charge < -0.3 is 14.4 Å². The van der Waals surface area contributed by atoms with Gasteiger partial charge in [-0.05, 0) is 48.2 Å². The Morgan fingerprint density at radius 3 is 2.46 bits per heavy atom. The smallest absolute Gasteiger partial charge is 0.260 e. The van der Waals surface area contributed by atoms with E-state index in [1.165, 1.54) is 11.1 Å². The molecule has 1 spiro atoms. The molecule has 0 N–H and O–H groups in total. The topological polar surface area (TPSA) is 38.8 Å². The largest absolute Gasteiger partial charge is 0.497 e. The van der Waals surface area contributed by atoms with Crippen LogP contribution in [0.4, 0.5) is 0 Å². The summed E-state index contributed by atoms with van der Waals surface area (Å²) in [5, 5.41) is 0. The van der Waals surface area contributed by atoms with E-state index in [0.717, 1.165) is 31.7 Å². The number of piperidine rings is 1. The van der Waals surface area contributed by atoms with Gasteiger partial charge in [0, 0.05) is 18.5 Å². The number of ether oxygens (including phenoxy) is 2. The van der Waals surface area contributed by atoms with Gasteiger partial charge in [0.1, 0.15) is 11.5 Å². The van der Waals surface area contributed by atoms with Crippen LogP contribution < -0.4 is 9.47 Å². The molecular formula is C22H23NO3. The van der Waals surface area contributed by atoms with E-state index in [-0.39, 0.29) is 17.9 Å². The minimum atomic E-state index is 0.0472. The Balaban J connectivity index is 1.33. The van der Waals surface area contributed by atoms with Gasteiger partial charge >= 0.3 is 0 Å². The minimum absolute atomic E-state index is 0.0472. The number of hydrogen-bond acceptors (Lipinski definition) is 3. The molecule has 1 saturated heterocycles. The van der Waals surface area contributed by atoms with Crippen LogP contribution in [0.2, 0.25) is 0 Å². The number of benzene rings is 2. The van der Waals surface area contributed by atoms with Gasteiger partial charge in [-0.25, -0.2) is 0 Å². The van der Waals surface area contributed by atoms with Gasteiger partial charge in [0.25, 0.3) is 5.91 Å². The van der Waals surface area contributed by atoms with Crippen LogP contribution in [0.1, 0.15) is 24.0 Å². The molecule has 4 nitrogen and oxygen atoms in total. The zero-order chi connectivity index (χ0) is 18.0. The lowest BCUT2D eigenvalue weighted by Gasteiger charge is -2.39. The Kier molecular flexibility index (Phi) is 4.41. The number of allylic oxidation sites excluding steroid dienone is 1. The Labute approximate surface area is 154 Å². The van der Waals surface area contributed by atoms with Gasteiger partial charge in [0.2, 0.25) is 0 Å². The highest BCUT2D eigenvalue weighted by molar-refractivity contribution is 5.78. The zero-order valence-electron chi connectivity index (χ0n) is 15.0. The lowest BCUT2D eigenvalue weighted by atomic mass is 9.74. The fraction of sp³-hybridized carbons (Fsp3) is 0.318. The summed E-state index contributed by atoms with van der Waals surface area (Å²) in [7, 11) is 1.63. The fourth-order valence-electron chi connectivity index (χ4n) is 3.93. The number of rotatable bonds is 4. The number of methoxy groups -OCH3 is 1. The first-order valence-electron chi connectivity index (χ1n) is 9.04. The standard InChI is InChI=1S/C22H23NO3/c1-25-18-6-8-19(9-7-18)26-16-21(24)23-14-12-22(13-15-23)11-10-17-4-2-3-5-20(17)22/h2-11H,12-16H2,1H3. The first kappa shape index (κ1) is 16.7. The number of nitrogens with zero attached hydrogens (tertiary/aromatic N) is 1. The van der Waals surface area contributed by atoms with E-state index in [1.54, 1.807) is 7.11 Å². The molecule has 0 aromatic heterocycles. The molecule has 2 aromatic carbocycles. The molecule has 0 saturated carbocycles. The maximum absolute atomic E-state index is 12.5. The highest BCUT2D eigenvalue weighted by Gasteiger charge is 2.38. The van der Waals surface area contributed by atoms with Crippen molar-refractivity contribution in [2.45, 2.75) is 18.3 Å². The third-order valence-corrected chi connectivity index (χ3v) is 5.51. The summed E-state index contributed by atoms with van der Waals surface area (Å²) >= 11 is 0. The second-order valence-corrected chi connectivity index (χ2v) is 6.92. The van der Waals surface area contributed by atoms with Gasteiger partial charge in [-0.1, -0.05) is 36.4 Å². The minimum Gasteiger partial charge on any atom is -0.497 e. The first-order valence-corrected chi connectivity index (χ1v) is 9.04. The molecule has 0 atom stereocenters. The highest BCUT2D eigenvalue weighted by Crippen LogP contribution is 2.43. The molecule has 134 valence electrons. The molecule has 2 aromatic rings.